The largest absolute Gasteiger partial charge is 0.360 e. The third-order valence-electron chi connectivity index (χ3n) is 4.64. The molecule has 0 radical (unpaired) electrons. The second-order valence-corrected chi connectivity index (χ2v) is 7.07. The van der Waals surface area contributed by atoms with Crippen molar-refractivity contribution in [2.45, 2.75) is 17.5 Å². The van der Waals surface area contributed by atoms with Gasteiger partial charge in [0.1, 0.15) is 19.3 Å². The summed E-state index contributed by atoms with van der Waals surface area (Å²) in [6.45, 7) is 4.02. The van der Waals surface area contributed by atoms with E-state index in [9.17, 15) is 0 Å². The normalized spacial score (nSPS) is 30.7. The fourth-order valence-corrected chi connectivity index (χ4v) is 4.41. The second-order valence-electron chi connectivity index (χ2n) is 5.98. The van der Waals surface area contributed by atoms with E-state index in [4.69, 9.17) is 9.73 Å². The van der Waals surface area contributed by atoms with Crippen LogP contribution in [0, 0.1) is 0 Å². The molecule has 3 unspecified atom stereocenters. The average Bonchev–Trinajstić information content (AvgIpc) is 3.10. The van der Waals surface area contributed by atoms with Gasteiger partial charge in [0.2, 0.25) is 5.82 Å². The Labute approximate surface area is 140 Å². The van der Waals surface area contributed by atoms with Gasteiger partial charge in [0.15, 0.2) is 5.96 Å². The highest BCUT2D eigenvalue weighted by molar-refractivity contribution is 8.03. The second kappa shape index (κ2) is 6.51. The monoisotopic (exact) mass is 332 g/mol. The zero-order valence-corrected chi connectivity index (χ0v) is 14.0. The van der Waals surface area contributed by atoms with Crippen molar-refractivity contribution in [3.63, 3.8) is 0 Å². The lowest BCUT2D eigenvalue weighted by Crippen LogP contribution is -3.10. The quantitative estimate of drug-likeness (QED) is 0.788. The molecule has 4 heterocycles. The van der Waals surface area contributed by atoms with Gasteiger partial charge in [-0.05, 0) is 11.5 Å². The molecular formula is C16H22N5OS+. The van der Waals surface area contributed by atoms with E-state index in [0.717, 1.165) is 38.0 Å². The summed E-state index contributed by atoms with van der Waals surface area (Å²) >= 11 is 1.80. The zero-order valence-electron chi connectivity index (χ0n) is 13.2. The average molecular weight is 332 g/mol. The van der Waals surface area contributed by atoms with Crippen molar-refractivity contribution in [1.29, 1.82) is 0 Å². The van der Waals surface area contributed by atoms with Crippen molar-refractivity contribution >= 4 is 23.5 Å². The van der Waals surface area contributed by atoms with Crippen LogP contribution in [0.25, 0.3) is 0 Å². The number of piperazine rings is 1. The highest BCUT2D eigenvalue weighted by Crippen LogP contribution is 2.32. The minimum atomic E-state index is 0.0219. The highest BCUT2D eigenvalue weighted by atomic mass is 32.2. The van der Waals surface area contributed by atoms with E-state index >= 15 is 0 Å². The van der Waals surface area contributed by atoms with Crippen LogP contribution in [0.2, 0.25) is 0 Å². The van der Waals surface area contributed by atoms with Gasteiger partial charge in [-0.15, -0.1) is 11.8 Å². The number of guanidine groups is 1. The fraction of sp³-hybridized carbons (Fsp3) is 0.500. The van der Waals surface area contributed by atoms with Gasteiger partial charge in [-0.2, -0.15) is 0 Å². The van der Waals surface area contributed by atoms with Gasteiger partial charge in [0.05, 0.1) is 24.4 Å². The van der Waals surface area contributed by atoms with E-state index in [1.165, 1.54) is 4.90 Å². The van der Waals surface area contributed by atoms with Crippen molar-refractivity contribution in [2.75, 3.05) is 33.3 Å². The zero-order chi connectivity index (χ0) is 15.6. The van der Waals surface area contributed by atoms with E-state index in [-0.39, 0.29) is 12.3 Å². The van der Waals surface area contributed by atoms with E-state index in [1.807, 2.05) is 12.3 Å². The van der Waals surface area contributed by atoms with Crippen LogP contribution in [-0.4, -0.2) is 66.7 Å². The van der Waals surface area contributed by atoms with Gasteiger partial charge in [-0.3, -0.25) is 4.90 Å². The Kier molecular flexibility index (Phi) is 4.24. The van der Waals surface area contributed by atoms with Gasteiger partial charge in [0.25, 0.3) is 0 Å². The maximum absolute atomic E-state index is 5.62. The maximum atomic E-state index is 5.62. The van der Waals surface area contributed by atoms with E-state index in [2.05, 4.69) is 38.8 Å². The summed E-state index contributed by atoms with van der Waals surface area (Å²) < 4.78 is 5.62. The van der Waals surface area contributed by atoms with Crippen LogP contribution in [0.15, 0.2) is 40.9 Å². The lowest BCUT2D eigenvalue weighted by atomic mass is 10.1. The molecule has 0 spiro atoms. The predicted octanol–water partition coefficient (Wildman–Crippen LogP) is -0.157. The Morgan fingerprint density at radius 3 is 2.96 bits per heavy atom. The summed E-state index contributed by atoms with van der Waals surface area (Å²) in [5.41, 5.74) is 0. The molecular weight excluding hydrogens is 310 g/mol. The lowest BCUT2D eigenvalue weighted by molar-refractivity contribution is -0.839. The molecule has 0 amide bonds. The van der Waals surface area contributed by atoms with Crippen LogP contribution in [0.5, 0.6) is 0 Å². The molecule has 3 atom stereocenters. The lowest BCUT2D eigenvalue weighted by Gasteiger charge is -2.39. The molecule has 7 heteroatoms. The topological polar surface area (TPSA) is 54.2 Å². The molecule has 0 aromatic carbocycles. The number of fused-ring (bicyclic) bond motifs is 1. The molecule has 3 aliphatic rings. The molecule has 4 rings (SSSR count). The van der Waals surface area contributed by atoms with Crippen LogP contribution in [0.3, 0.4) is 0 Å². The van der Waals surface area contributed by atoms with Gasteiger partial charge in [-0.1, -0.05) is 12.1 Å². The van der Waals surface area contributed by atoms with Crippen LogP contribution in [0.1, 0.15) is 0 Å². The maximum Gasteiger partial charge on any atom is 0.225 e. The molecule has 3 aliphatic heterocycles. The van der Waals surface area contributed by atoms with Gasteiger partial charge >= 0.3 is 0 Å². The number of pyridine rings is 1. The molecule has 122 valence electrons. The highest BCUT2D eigenvalue weighted by Gasteiger charge is 2.38. The van der Waals surface area contributed by atoms with Crippen LogP contribution in [-0.2, 0) is 4.74 Å². The first-order chi connectivity index (χ1) is 11.3. The number of ether oxygens (including phenoxy) is 1. The number of methoxy groups -OCH3 is 1. The summed E-state index contributed by atoms with van der Waals surface area (Å²) in [7, 11) is 1.76. The standard InChI is InChI=1S/C16H21N5OS/c1-22-15-14-12(5-11-23-14)18-16(19-15)21-9-7-20(8-10-21)13-4-2-3-6-17-13/h2-6,11-12,14-15H,7-10H2,1H3,(H,18,19)/p+1. The number of nitrogens with zero attached hydrogens (tertiary/aromatic N) is 3. The molecule has 0 aliphatic carbocycles. The molecule has 6 nitrogen and oxygen atoms in total. The smallest absolute Gasteiger partial charge is 0.225 e. The molecule has 0 saturated carbocycles. The van der Waals surface area contributed by atoms with Gasteiger partial charge in [-0.25, -0.2) is 9.98 Å². The Balaban J connectivity index is 1.43. The Bertz CT molecular complexity index is 600. The van der Waals surface area contributed by atoms with Crippen molar-refractivity contribution in [3.8, 4) is 0 Å². The van der Waals surface area contributed by atoms with Crippen LogP contribution in [0.4, 0.5) is 5.82 Å². The first-order valence-corrected chi connectivity index (χ1v) is 9.00. The van der Waals surface area contributed by atoms with E-state index in [1.54, 1.807) is 18.9 Å². The number of quaternary nitrogens is 1. The predicted molar refractivity (Wildman–Crippen MR) is 91.8 cm³/mol. The molecule has 1 aromatic rings. The Morgan fingerprint density at radius 1 is 1.35 bits per heavy atom. The van der Waals surface area contributed by atoms with Crippen LogP contribution < -0.4 is 10.2 Å². The molecule has 1 saturated heterocycles. The first-order valence-electron chi connectivity index (χ1n) is 8.05. The van der Waals surface area contributed by atoms with E-state index in [0.29, 0.717) is 5.25 Å². The van der Waals surface area contributed by atoms with Gasteiger partial charge in [0, 0.05) is 19.4 Å². The van der Waals surface area contributed by atoms with Crippen molar-refractivity contribution in [2.24, 2.45) is 4.99 Å². The summed E-state index contributed by atoms with van der Waals surface area (Å²) in [5, 5.41) is 5.96. The summed E-state index contributed by atoms with van der Waals surface area (Å²) in [6, 6.07) is 6.35. The minimum absolute atomic E-state index is 0.0219. The van der Waals surface area contributed by atoms with E-state index < -0.39 is 0 Å². The molecule has 23 heavy (non-hydrogen) atoms. The number of thioether (sulfide) groups is 1. The molecule has 1 aromatic heterocycles. The molecule has 1 fully saturated rings. The molecule has 0 bridgehead atoms. The number of hydrogen-bond acceptors (Lipinski definition) is 6. The number of aromatic nitrogens is 1. The number of aliphatic imine (C=N–C) groups is 1. The van der Waals surface area contributed by atoms with Crippen molar-refractivity contribution in [1.82, 2.24) is 15.2 Å². The number of rotatable bonds is 2. The van der Waals surface area contributed by atoms with Crippen molar-refractivity contribution in [3.05, 3.63) is 35.9 Å². The summed E-state index contributed by atoms with van der Waals surface area (Å²) in [6.07, 6.45) is 4.07. The van der Waals surface area contributed by atoms with Gasteiger partial charge < -0.3 is 15.0 Å². The number of nitrogens with one attached hydrogen (secondary N) is 2. The fourth-order valence-electron chi connectivity index (χ4n) is 3.34. The Hall–Kier alpha value is -1.57. The summed E-state index contributed by atoms with van der Waals surface area (Å²) in [4.78, 5) is 13.1. The third kappa shape index (κ3) is 2.96. The van der Waals surface area contributed by atoms with Crippen molar-refractivity contribution < 1.29 is 9.64 Å². The minimum Gasteiger partial charge on any atom is -0.360 e. The number of hydrogen-bond donors (Lipinski definition) is 2. The molecule has 2 N–H and O–H groups in total. The SMILES string of the molecule is COC1NC(N2CC[NH+](c3ccccn3)CC2)=NC2C=CSC21. The Morgan fingerprint density at radius 2 is 2.22 bits per heavy atom. The first kappa shape index (κ1) is 15.0. The van der Waals surface area contributed by atoms with Crippen LogP contribution >= 0.6 is 11.8 Å². The third-order valence-corrected chi connectivity index (χ3v) is 5.79. The summed E-state index contributed by atoms with van der Waals surface area (Å²) in [5.74, 6) is 2.11.